The Kier molecular flexibility index (Phi) is 6.63. The maximum absolute atomic E-state index is 11.6. The van der Waals surface area contributed by atoms with Gasteiger partial charge in [0.15, 0.2) is 0 Å². The molecule has 1 N–H and O–H groups in total. The van der Waals surface area contributed by atoms with E-state index in [2.05, 4.69) is 15.5 Å². The predicted molar refractivity (Wildman–Crippen MR) is 97.0 cm³/mol. The van der Waals surface area contributed by atoms with Gasteiger partial charge >= 0.3 is 6.09 Å². The van der Waals surface area contributed by atoms with E-state index in [0.717, 1.165) is 29.7 Å². The number of anilines is 1. The van der Waals surface area contributed by atoms with E-state index in [1.807, 2.05) is 31.2 Å². The molecule has 6 heteroatoms. The number of hydrogen-bond acceptors (Lipinski definition) is 5. The monoisotopic (exact) mass is 337 g/mol. The lowest BCUT2D eigenvalue weighted by Gasteiger charge is -2.06. The summed E-state index contributed by atoms with van der Waals surface area (Å²) in [6.07, 6.45) is 2.36. The Labute approximate surface area is 146 Å². The number of isocyanates is 1. The SMILES string of the molecule is CCC(C)=NOC(=O)Nc1ccc(Cc2ccc(N=C=O)cc2)cc1. The van der Waals surface area contributed by atoms with Crippen molar-refractivity contribution in [2.24, 2.45) is 10.1 Å². The summed E-state index contributed by atoms with van der Waals surface area (Å²) >= 11 is 0. The summed E-state index contributed by atoms with van der Waals surface area (Å²) in [6.45, 7) is 3.72. The van der Waals surface area contributed by atoms with Gasteiger partial charge in [0.05, 0.1) is 11.4 Å². The van der Waals surface area contributed by atoms with Crippen LogP contribution in [0.15, 0.2) is 58.7 Å². The first-order chi connectivity index (χ1) is 12.1. The number of amides is 1. The molecule has 2 rings (SSSR count). The minimum absolute atomic E-state index is 0.581. The number of hydrogen-bond donors (Lipinski definition) is 1. The molecule has 6 nitrogen and oxygen atoms in total. The molecule has 2 aromatic rings. The molecule has 1 amide bonds. The maximum atomic E-state index is 11.6. The predicted octanol–water partition coefficient (Wildman–Crippen LogP) is 4.58. The van der Waals surface area contributed by atoms with E-state index in [-0.39, 0.29) is 0 Å². The highest BCUT2D eigenvalue weighted by molar-refractivity contribution is 5.86. The van der Waals surface area contributed by atoms with Crippen LogP contribution in [0.25, 0.3) is 0 Å². The van der Waals surface area contributed by atoms with Crippen LogP contribution in [-0.4, -0.2) is 17.9 Å². The van der Waals surface area contributed by atoms with Gasteiger partial charge in [-0.05, 0) is 55.2 Å². The van der Waals surface area contributed by atoms with Crippen LogP contribution >= 0.6 is 0 Å². The molecule has 0 spiro atoms. The second-order valence-electron chi connectivity index (χ2n) is 5.43. The molecule has 0 unspecified atom stereocenters. The van der Waals surface area contributed by atoms with Crippen molar-refractivity contribution in [3.63, 3.8) is 0 Å². The van der Waals surface area contributed by atoms with E-state index >= 15 is 0 Å². The van der Waals surface area contributed by atoms with Gasteiger partial charge in [0, 0.05) is 5.69 Å². The van der Waals surface area contributed by atoms with E-state index in [9.17, 15) is 9.59 Å². The van der Waals surface area contributed by atoms with Crippen LogP contribution in [0.1, 0.15) is 31.4 Å². The third-order valence-corrected chi connectivity index (χ3v) is 3.52. The molecule has 0 aliphatic rings. The maximum Gasteiger partial charge on any atom is 0.437 e. The lowest BCUT2D eigenvalue weighted by atomic mass is 10.0. The number of aliphatic imine (C=N–C) groups is 1. The Balaban J connectivity index is 1.93. The van der Waals surface area contributed by atoms with Crippen molar-refractivity contribution in [3.05, 3.63) is 59.7 Å². The van der Waals surface area contributed by atoms with Gasteiger partial charge in [-0.3, -0.25) is 10.2 Å². The fourth-order valence-corrected chi connectivity index (χ4v) is 2.01. The molecule has 0 radical (unpaired) electrons. The second-order valence-corrected chi connectivity index (χ2v) is 5.43. The summed E-state index contributed by atoms with van der Waals surface area (Å²) < 4.78 is 0. The standard InChI is InChI=1S/C19H19N3O3/c1-3-14(2)22-25-19(24)21-18-10-6-16(7-11-18)12-15-4-8-17(9-5-15)20-13-23/h4-11H,3,12H2,1-2H3,(H,21,24). The van der Waals surface area contributed by atoms with E-state index in [4.69, 9.17) is 4.84 Å². The lowest BCUT2D eigenvalue weighted by molar-refractivity contribution is 0.166. The quantitative estimate of drug-likeness (QED) is 0.362. The molecule has 0 aromatic heterocycles. The smallest absolute Gasteiger partial charge is 0.298 e. The van der Waals surface area contributed by atoms with Gasteiger partial charge in [-0.15, -0.1) is 0 Å². The van der Waals surface area contributed by atoms with Gasteiger partial charge in [-0.25, -0.2) is 9.59 Å². The minimum atomic E-state index is -0.619. The fraction of sp³-hybridized carbons (Fsp3) is 0.211. The van der Waals surface area contributed by atoms with Crippen molar-refractivity contribution >= 4 is 29.3 Å². The summed E-state index contributed by atoms with van der Waals surface area (Å²) in [5.41, 5.74) is 4.14. The Bertz CT molecular complexity index is 790. The highest BCUT2D eigenvalue weighted by Crippen LogP contribution is 2.17. The molecule has 25 heavy (non-hydrogen) atoms. The number of benzene rings is 2. The van der Waals surface area contributed by atoms with E-state index in [1.54, 1.807) is 31.2 Å². The first kappa shape index (κ1) is 18.1. The topological polar surface area (TPSA) is 80.1 Å². The van der Waals surface area contributed by atoms with Crippen molar-refractivity contribution in [3.8, 4) is 0 Å². The third-order valence-electron chi connectivity index (χ3n) is 3.52. The Morgan fingerprint density at radius 3 is 2.24 bits per heavy atom. The van der Waals surface area contributed by atoms with Gasteiger partial charge in [0.25, 0.3) is 0 Å². The number of rotatable bonds is 6. The summed E-state index contributed by atoms with van der Waals surface area (Å²) in [6, 6.07) is 14.8. The Morgan fingerprint density at radius 2 is 1.68 bits per heavy atom. The second kappa shape index (κ2) is 9.15. The average molecular weight is 337 g/mol. The molecule has 128 valence electrons. The van der Waals surface area contributed by atoms with Crippen molar-refractivity contribution in [2.45, 2.75) is 26.7 Å². The Morgan fingerprint density at radius 1 is 1.08 bits per heavy atom. The van der Waals surface area contributed by atoms with Crippen LogP contribution in [0.5, 0.6) is 0 Å². The van der Waals surface area contributed by atoms with Gasteiger partial charge in [0.2, 0.25) is 6.08 Å². The Hall–Kier alpha value is -3.24. The van der Waals surface area contributed by atoms with Crippen molar-refractivity contribution in [2.75, 3.05) is 5.32 Å². The highest BCUT2D eigenvalue weighted by Gasteiger charge is 2.04. The zero-order valence-electron chi connectivity index (χ0n) is 14.2. The molecule has 0 saturated carbocycles. The molecular formula is C19H19N3O3. The molecule has 0 atom stereocenters. The van der Waals surface area contributed by atoms with Crippen LogP contribution in [-0.2, 0) is 16.1 Å². The zero-order chi connectivity index (χ0) is 18.1. The summed E-state index contributed by atoms with van der Waals surface area (Å²) in [5, 5.41) is 6.32. The first-order valence-corrected chi connectivity index (χ1v) is 7.88. The molecule has 0 bridgehead atoms. The lowest BCUT2D eigenvalue weighted by Crippen LogP contribution is -2.11. The summed E-state index contributed by atoms with van der Waals surface area (Å²) in [5.74, 6) is 0. The van der Waals surface area contributed by atoms with Crippen LogP contribution in [0.3, 0.4) is 0 Å². The van der Waals surface area contributed by atoms with E-state index < -0.39 is 6.09 Å². The number of nitrogens with zero attached hydrogens (tertiary/aromatic N) is 2. The highest BCUT2D eigenvalue weighted by atomic mass is 16.7. The normalized spacial score (nSPS) is 10.7. The molecule has 0 fully saturated rings. The number of oxime groups is 1. The molecule has 0 heterocycles. The van der Waals surface area contributed by atoms with E-state index in [0.29, 0.717) is 11.4 Å². The fourth-order valence-electron chi connectivity index (χ4n) is 2.01. The van der Waals surface area contributed by atoms with Crippen molar-refractivity contribution in [1.29, 1.82) is 0 Å². The summed E-state index contributed by atoms with van der Waals surface area (Å²) in [4.78, 5) is 30.1. The molecule has 0 aliphatic heterocycles. The zero-order valence-corrected chi connectivity index (χ0v) is 14.2. The number of carbonyl (C=O) groups excluding carboxylic acids is 2. The van der Waals surface area contributed by atoms with Crippen LogP contribution in [0.4, 0.5) is 16.2 Å². The first-order valence-electron chi connectivity index (χ1n) is 7.88. The molecular weight excluding hydrogens is 318 g/mol. The van der Waals surface area contributed by atoms with Gasteiger partial charge < -0.3 is 0 Å². The molecule has 2 aromatic carbocycles. The molecule has 0 aliphatic carbocycles. The van der Waals surface area contributed by atoms with Gasteiger partial charge in [0.1, 0.15) is 0 Å². The van der Waals surface area contributed by atoms with Crippen LogP contribution in [0, 0.1) is 0 Å². The third kappa shape index (κ3) is 6.05. The van der Waals surface area contributed by atoms with Crippen molar-refractivity contribution in [1.82, 2.24) is 0 Å². The van der Waals surface area contributed by atoms with Crippen molar-refractivity contribution < 1.29 is 14.4 Å². The van der Waals surface area contributed by atoms with Crippen LogP contribution in [0.2, 0.25) is 0 Å². The van der Waals surface area contributed by atoms with Crippen LogP contribution < -0.4 is 5.32 Å². The van der Waals surface area contributed by atoms with Gasteiger partial charge in [-0.1, -0.05) is 36.3 Å². The van der Waals surface area contributed by atoms with E-state index in [1.165, 1.54) is 6.08 Å². The molecule has 0 saturated heterocycles. The minimum Gasteiger partial charge on any atom is -0.298 e. The van der Waals surface area contributed by atoms with Gasteiger partial charge in [-0.2, -0.15) is 4.99 Å². The largest absolute Gasteiger partial charge is 0.437 e. The number of carbonyl (C=O) groups is 1. The average Bonchev–Trinajstić information content (AvgIpc) is 2.63. The summed E-state index contributed by atoms with van der Waals surface area (Å²) in [7, 11) is 0. The number of nitrogens with one attached hydrogen (secondary N) is 1.